The molecule has 0 aliphatic carbocycles. The van der Waals surface area contributed by atoms with Gasteiger partial charge in [-0.15, -0.1) is 11.3 Å². The average Bonchev–Trinajstić information content (AvgIpc) is 2.96. The second-order valence-electron chi connectivity index (χ2n) is 4.07. The first-order chi connectivity index (χ1) is 10.2. The van der Waals surface area contributed by atoms with E-state index in [4.69, 9.17) is 4.74 Å². The lowest BCUT2D eigenvalue weighted by Crippen LogP contribution is -1.99. The highest BCUT2D eigenvalue weighted by Crippen LogP contribution is 2.35. The van der Waals surface area contributed by atoms with Crippen LogP contribution >= 0.6 is 11.3 Å². The fraction of sp³-hybridized carbons (Fsp3) is 0.0769. The van der Waals surface area contributed by atoms with Crippen LogP contribution in [-0.2, 0) is 0 Å². The second-order valence-corrected chi connectivity index (χ2v) is 4.96. The summed E-state index contributed by atoms with van der Waals surface area (Å²) < 4.78 is 5.66. The monoisotopic (exact) mass is 302 g/mol. The van der Waals surface area contributed by atoms with Crippen molar-refractivity contribution in [3.05, 3.63) is 45.8 Å². The Kier molecular flexibility index (Phi) is 3.36. The minimum atomic E-state index is -0.486. The Hall–Kier alpha value is -2.74. The molecular weight excluding hydrogens is 292 g/mol. The molecule has 0 saturated carbocycles. The highest BCUT2D eigenvalue weighted by atomic mass is 32.1. The maximum Gasteiger partial charge on any atom is 0.311 e. The molecule has 0 fully saturated rings. The summed E-state index contributed by atoms with van der Waals surface area (Å²) in [6, 6.07) is 8.01. The fourth-order valence-electron chi connectivity index (χ4n) is 1.82. The van der Waals surface area contributed by atoms with E-state index in [-0.39, 0.29) is 11.4 Å². The summed E-state index contributed by atoms with van der Waals surface area (Å²) >= 11 is 1.45. The number of benzene rings is 1. The molecule has 2 aromatic heterocycles. The largest absolute Gasteiger partial charge is 0.431 e. The molecule has 21 heavy (non-hydrogen) atoms. The molecular formula is C13H10N4O3S. The number of ether oxygens (including phenoxy) is 1. The van der Waals surface area contributed by atoms with Crippen LogP contribution in [0.15, 0.2) is 35.7 Å². The summed E-state index contributed by atoms with van der Waals surface area (Å²) in [5.41, 5.74) is -0.106. The lowest BCUT2D eigenvalue weighted by molar-refractivity contribution is -0.385. The predicted octanol–water partition coefficient (Wildman–Crippen LogP) is 3.43. The van der Waals surface area contributed by atoms with Crippen molar-refractivity contribution in [1.29, 1.82) is 0 Å². The molecule has 3 rings (SSSR count). The Morgan fingerprint density at radius 2 is 2.10 bits per heavy atom. The van der Waals surface area contributed by atoms with Crippen LogP contribution < -0.4 is 10.1 Å². The van der Waals surface area contributed by atoms with Crippen LogP contribution in [0.2, 0.25) is 0 Å². The van der Waals surface area contributed by atoms with Crippen molar-refractivity contribution in [3.63, 3.8) is 0 Å². The first-order valence-electron chi connectivity index (χ1n) is 6.03. The van der Waals surface area contributed by atoms with Gasteiger partial charge < -0.3 is 10.1 Å². The second kappa shape index (κ2) is 5.33. The van der Waals surface area contributed by atoms with E-state index in [9.17, 15) is 10.1 Å². The Balaban J connectivity index is 2.10. The molecule has 0 saturated heterocycles. The average molecular weight is 302 g/mol. The standard InChI is InChI=1S/C13H10N4O3S/c1-14-13-15-11(8-6-7-21-12(8)16-13)20-10-5-3-2-4-9(10)17(18)19/h2-7H,1H3,(H,14,15,16). The molecule has 0 radical (unpaired) electrons. The van der Waals surface area contributed by atoms with E-state index in [0.29, 0.717) is 11.8 Å². The highest BCUT2D eigenvalue weighted by molar-refractivity contribution is 7.16. The molecule has 106 valence electrons. The Bertz CT molecular complexity index is 818. The third-order valence-corrected chi connectivity index (χ3v) is 3.59. The molecule has 0 spiro atoms. The van der Waals surface area contributed by atoms with Gasteiger partial charge in [0.2, 0.25) is 17.6 Å². The van der Waals surface area contributed by atoms with E-state index in [2.05, 4.69) is 15.3 Å². The van der Waals surface area contributed by atoms with Crippen molar-refractivity contribution >= 4 is 33.2 Å². The molecule has 0 aliphatic rings. The number of nitrogens with one attached hydrogen (secondary N) is 1. The van der Waals surface area contributed by atoms with E-state index in [1.165, 1.54) is 23.5 Å². The van der Waals surface area contributed by atoms with Gasteiger partial charge in [0.05, 0.1) is 10.3 Å². The molecule has 0 aliphatic heterocycles. The summed E-state index contributed by atoms with van der Waals surface area (Å²) in [7, 11) is 1.70. The number of rotatable bonds is 4. The van der Waals surface area contributed by atoms with Crippen LogP contribution in [0, 0.1) is 10.1 Å². The number of hydrogen-bond donors (Lipinski definition) is 1. The number of nitro benzene ring substituents is 1. The minimum absolute atomic E-state index is 0.106. The zero-order chi connectivity index (χ0) is 14.8. The van der Waals surface area contributed by atoms with Gasteiger partial charge in [-0.05, 0) is 17.5 Å². The number of hydrogen-bond acceptors (Lipinski definition) is 7. The smallest absolute Gasteiger partial charge is 0.311 e. The van der Waals surface area contributed by atoms with Crippen LogP contribution in [0.25, 0.3) is 10.2 Å². The van der Waals surface area contributed by atoms with Gasteiger partial charge in [-0.1, -0.05) is 12.1 Å². The molecule has 3 aromatic rings. The number of thiophene rings is 1. The minimum Gasteiger partial charge on any atom is -0.431 e. The van der Waals surface area contributed by atoms with Gasteiger partial charge in [-0.25, -0.2) is 4.98 Å². The third kappa shape index (κ3) is 2.48. The van der Waals surface area contributed by atoms with E-state index in [0.717, 1.165) is 10.2 Å². The molecule has 0 unspecified atom stereocenters. The van der Waals surface area contributed by atoms with Crippen LogP contribution in [0.1, 0.15) is 0 Å². The zero-order valence-electron chi connectivity index (χ0n) is 10.9. The molecule has 1 N–H and O–H groups in total. The summed E-state index contributed by atoms with van der Waals surface area (Å²) in [6.45, 7) is 0. The van der Waals surface area contributed by atoms with E-state index in [1.807, 2.05) is 11.4 Å². The number of anilines is 1. The van der Waals surface area contributed by atoms with E-state index >= 15 is 0 Å². The Morgan fingerprint density at radius 3 is 2.86 bits per heavy atom. The van der Waals surface area contributed by atoms with Gasteiger partial charge in [0.1, 0.15) is 4.83 Å². The molecule has 7 nitrogen and oxygen atoms in total. The first kappa shape index (κ1) is 13.3. The summed E-state index contributed by atoms with van der Waals surface area (Å²) in [5, 5.41) is 16.5. The normalized spacial score (nSPS) is 10.5. The van der Waals surface area contributed by atoms with Gasteiger partial charge >= 0.3 is 5.69 Å². The first-order valence-corrected chi connectivity index (χ1v) is 6.91. The zero-order valence-corrected chi connectivity index (χ0v) is 11.8. The molecule has 0 bridgehead atoms. The van der Waals surface area contributed by atoms with Gasteiger partial charge in [0.25, 0.3) is 0 Å². The Morgan fingerprint density at radius 1 is 1.29 bits per heavy atom. The number of nitro groups is 1. The van der Waals surface area contributed by atoms with Gasteiger partial charge in [-0.3, -0.25) is 10.1 Å². The topological polar surface area (TPSA) is 90.2 Å². The van der Waals surface area contributed by atoms with E-state index in [1.54, 1.807) is 19.2 Å². The number of aromatic nitrogens is 2. The van der Waals surface area contributed by atoms with Crippen molar-refractivity contribution in [3.8, 4) is 11.6 Å². The summed E-state index contributed by atoms with van der Waals surface area (Å²) in [4.78, 5) is 19.8. The predicted molar refractivity (Wildman–Crippen MR) is 80.1 cm³/mol. The van der Waals surface area contributed by atoms with Crippen molar-refractivity contribution in [2.75, 3.05) is 12.4 Å². The summed E-state index contributed by atoms with van der Waals surface area (Å²) in [6.07, 6.45) is 0. The van der Waals surface area contributed by atoms with E-state index < -0.39 is 4.92 Å². The summed E-state index contributed by atoms with van der Waals surface area (Å²) in [5.74, 6) is 0.842. The van der Waals surface area contributed by atoms with Crippen molar-refractivity contribution in [1.82, 2.24) is 9.97 Å². The van der Waals surface area contributed by atoms with Gasteiger partial charge in [-0.2, -0.15) is 4.98 Å². The molecule has 8 heteroatoms. The molecule has 2 heterocycles. The molecule has 0 atom stereocenters. The third-order valence-electron chi connectivity index (χ3n) is 2.78. The fourth-order valence-corrected chi connectivity index (χ4v) is 2.57. The van der Waals surface area contributed by atoms with Crippen LogP contribution in [0.4, 0.5) is 11.6 Å². The van der Waals surface area contributed by atoms with Gasteiger partial charge in [0, 0.05) is 13.1 Å². The number of fused-ring (bicyclic) bond motifs is 1. The van der Waals surface area contributed by atoms with Crippen molar-refractivity contribution in [2.45, 2.75) is 0 Å². The highest BCUT2D eigenvalue weighted by Gasteiger charge is 2.17. The van der Waals surface area contributed by atoms with Crippen LogP contribution in [-0.4, -0.2) is 21.9 Å². The quantitative estimate of drug-likeness (QED) is 0.586. The SMILES string of the molecule is CNc1nc(Oc2ccccc2[N+](=O)[O-])c2ccsc2n1. The van der Waals surface area contributed by atoms with Crippen LogP contribution in [0.5, 0.6) is 11.6 Å². The lowest BCUT2D eigenvalue weighted by atomic mass is 10.3. The maximum atomic E-state index is 11.0. The Labute approximate surface area is 123 Å². The lowest BCUT2D eigenvalue weighted by Gasteiger charge is -2.07. The van der Waals surface area contributed by atoms with Crippen molar-refractivity contribution in [2.24, 2.45) is 0 Å². The maximum absolute atomic E-state index is 11.0. The molecule has 0 amide bonds. The van der Waals surface area contributed by atoms with Crippen LogP contribution in [0.3, 0.4) is 0 Å². The van der Waals surface area contributed by atoms with Crippen molar-refractivity contribution < 1.29 is 9.66 Å². The molecule has 1 aromatic carbocycles. The number of para-hydroxylation sites is 2. The number of nitrogens with zero attached hydrogens (tertiary/aromatic N) is 3. The van der Waals surface area contributed by atoms with Gasteiger partial charge in [0.15, 0.2) is 0 Å².